The summed E-state index contributed by atoms with van der Waals surface area (Å²) in [4.78, 5) is 0. The molecule has 0 aromatic heterocycles. The Bertz CT molecular complexity index is 1030. The molecule has 0 radical (unpaired) electrons. The Morgan fingerprint density at radius 3 is 2.52 bits per heavy atom. The van der Waals surface area contributed by atoms with Crippen LogP contribution in [0.25, 0.3) is 0 Å². The van der Waals surface area contributed by atoms with Crippen LogP contribution in [0.15, 0.2) is 77.9 Å². The Morgan fingerprint density at radius 1 is 0.935 bits per heavy atom. The molecule has 0 bridgehead atoms. The number of aryl methyl sites for hydroxylation is 1. The fourth-order valence-electron chi connectivity index (χ4n) is 2.75. The molecule has 0 fully saturated rings. The van der Waals surface area contributed by atoms with Crippen molar-refractivity contribution in [3.63, 3.8) is 0 Å². The van der Waals surface area contributed by atoms with Gasteiger partial charge in [-0.3, -0.25) is 5.43 Å². The van der Waals surface area contributed by atoms with E-state index in [0.29, 0.717) is 29.8 Å². The molecule has 3 rings (SSSR count). The molecule has 160 valence electrons. The lowest BCUT2D eigenvalue weighted by molar-refractivity contribution is 0.211. The molecule has 0 aliphatic heterocycles. The van der Waals surface area contributed by atoms with Crippen molar-refractivity contribution in [2.45, 2.75) is 6.92 Å². The summed E-state index contributed by atoms with van der Waals surface area (Å²) in [7, 11) is 1.60. The molecule has 0 heterocycles. The predicted octanol–water partition coefficient (Wildman–Crippen LogP) is 4.78. The van der Waals surface area contributed by atoms with Gasteiger partial charge in [0.1, 0.15) is 19.0 Å². The van der Waals surface area contributed by atoms with Crippen LogP contribution in [0.1, 0.15) is 11.1 Å². The third-order valence-corrected chi connectivity index (χ3v) is 4.39. The van der Waals surface area contributed by atoms with Crippen LogP contribution in [0.5, 0.6) is 17.2 Å². The fraction of sp³-hybridized carbons (Fsp3) is 0.167. The molecule has 0 amide bonds. The standard InChI is InChI=1S/C24H25N3O3S/c1-18-7-6-10-21(15-18)29-13-14-30-22-12-11-19(16-23(22)28-2)17-25-27-24(31)26-20-8-4-3-5-9-20/h3-12,15-17H,13-14H2,1-2H3,(H2,26,27,31)/b25-17+. The highest BCUT2D eigenvalue weighted by Gasteiger charge is 2.05. The number of nitrogens with zero attached hydrogens (tertiary/aromatic N) is 1. The number of hydrazone groups is 1. The number of hydrogen-bond donors (Lipinski definition) is 2. The maximum Gasteiger partial charge on any atom is 0.191 e. The van der Waals surface area contributed by atoms with Gasteiger partial charge in [-0.1, -0.05) is 30.3 Å². The number of hydrogen-bond acceptors (Lipinski definition) is 5. The van der Waals surface area contributed by atoms with Gasteiger partial charge in [0.2, 0.25) is 0 Å². The first-order valence-corrected chi connectivity index (χ1v) is 10.2. The molecular weight excluding hydrogens is 410 g/mol. The van der Waals surface area contributed by atoms with Crippen molar-refractivity contribution < 1.29 is 14.2 Å². The summed E-state index contributed by atoms with van der Waals surface area (Å²) in [6.07, 6.45) is 1.66. The third kappa shape index (κ3) is 7.31. The van der Waals surface area contributed by atoms with Crippen molar-refractivity contribution >= 4 is 29.2 Å². The van der Waals surface area contributed by atoms with E-state index in [1.807, 2.05) is 79.7 Å². The molecule has 0 saturated heterocycles. The van der Waals surface area contributed by atoms with E-state index in [9.17, 15) is 0 Å². The van der Waals surface area contributed by atoms with Crippen LogP contribution in [0.3, 0.4) is 0 Å². The van der Waals surface area contributed by atoms with E-state index in [1.165, 1.54) is 0 Å². The minimum atomic E-state index is 0.402. The Kier molecular flexibility index (Phi) is 8.25. The van der Waals surface area contributed by atoms with Crippen molar-refractivity contribution in [3.8, 4) is 17.2 Å². The molecule has 2 N–H and O–H groups in total. The first kappa shape index (κ1) is 22.1. The van der Waals surface area contributed by atoms with Gasteiger partial charge in [0.25, 0.3) is 0 Å². The number of ether oxygens (including phenoxy) is 3. The van der Waals surface area contributed by atoms with Gasteiger partial charge in [0.05, 0.1) is 13.3 Å². The summed E-state index contributed by atoms with van der Waals surface area (Å²) in [5, 5.41) is 7.62. The monoisotopic (exact) mass is 435 g/mol. The summed E-state index contributed by atoms with van der Waals surface area (Å²) in [5.74, 6) is 2.08. The fourth-order valence-corrected chi connectivity index (χ4v) is 2.92. The largest absolute Gasteiger partial charge is 0.493 e. The van der Waals surface area contributed by atoms with Gasteiger partial charge in [-0.2, -0.15) is 5.10 Å². The molecule has 0 atom stereocenters. The highest BCUT2D eigenvalue weighted by molar-refractivity contribution is 7.80. The molecule has 0 aliphatic rings. The number of anilines is 1. The van der Waals surface area contributed by atoms with Crippen molar-refractivity contribution in [2.75, 3.05) is 25.6 Å². The van der Waals surface area contributed by atoms with Crippen LogP contribution in [-0.4, -0.2) is 31.7 Å². The van der Waals surface area contributed by atoms with Crippen LogP contribution >= 0.6 is 12.2 Å². The quantitative estimate of drug-likeness (QED) is 0.218. The summed E-state index contributed by atoms with van der Waals surface area (Å²) in [6, 6.07) is 23.1. The van der Waals surface area contributed by atoms with Crippen LogP contribution in [0, 0.1) is 6.92 Å². The Hall–Kier alpha value is -3.58. The van der Waals surface area contributed by atoms with Crippen LogP contribution < -0.4 is 25.0 Å². The van der Waals surface area contributed by atoms with Crippen LogP contribution in [0.4, 0.5) is 5.69 Å². The molecule has 7 heteroatoms. The Balaban J connectivity index is 1.48. The zero-order valence-electron chi connectivity index (χ0n) is 17.5. The van der Waals surface area contributed by atoms with Crippen molar-refractivity contribution in [3.05, 3.63) is 83.9 Å². The van der Waals surface area contributed by atoms with Crippen LogP contribution in [0.2, 0.25) is 0 Å². The van der Waals surface area contributed by atoms with E-state index >= 15 is 0 Å². The average Bonchev–Trinajstić information content (AvgIpc) is 2.78. The minimum absolute atomic E-state index is 0.402. The summed E-state index contributed by atoms with van der Waals surface area (Å²) in [6.45, 7) is 2.87. The normalized spacial score (nSPS) is 10.5. The highest BCUT2D eigenvalue weighted by atomic mass is 32.1. The van der Waals surface area contributed by atoms with E-state index < -0.39 is 0 Å². The number of methoxy groups -OCH3 is 1. The minimum Gasteiger partial charge on any atom is -0.493 e. The number of benzene rings is 3. The van der Waals surface area contributed by atoms with Crippen LogP contribution in [-0.2, 0) is 0 Å². The van der Waals surface area contributed by atoms with Gasteiger partial charge < -0.3 is 19.5 Å². The summed E-state index contributed by atoms with van der Waals surface area (Å²) in [5.41, 5.74) is 5.69. The molecule has 0 unspecified atom stereocenters. The molecule has 3 aromatic carbocycles. The first-order chi connectivity index (χ1) is 15.1. The van der Waals surface area contributed by atoms with E-state index in [-0.39, 0.29) is 0 Å². The Morgan fingerprint density at radius 2 is 1.74 bits per heavy atom. The molecule has 0 saturated carbocycles. The average molecular weight is 436 g/mol. The second kappa shape index (κ2) is 11.6. The van der Waals surface area contributed by atoms with Gasteiger partial charge in [-0.15, -0.1) is 0 Å². The number of rotatable bonds is 9. The predicted molar refractivity (Wildman–Crippen MR) is 129 cm³/mol. The summed E-state index contributed by atoms with van der Waals surface area (Å²) < 4.78 is 17.0. The number of nitrogens with one attached hydrogen (secondary N) is 2. The van der Waals surface area contributed by atoms with Crippen molar-refractivity contribution in [2.24, 2.45) is 5.10 Å². The number of thiocarbonyl (C=S) groups is 1. The van der Waals surface area contributed by atoms with Crippen molar-refractivity contribution in [1.29, 1.82) is 0 Å². The van der Waals surface area contributed by atoms with Gasteiger partial charge >= 0.3 is 0 Å². The molecule has 31 heavy (non-hydrogen) atoms. The third-order valence-electron chi connectivity index (χ3n) is 4.20. The molecule has 0 spiro atoms. The van der Waals surface area contributed by atoms with Gasteiger partial charge in [0, 0.05) is 5.69 Å². The molecule has 6 nitrogen and oxygen atoms in total. The van der Waals surface area contributed by atoms with E-state index in [1.54, 1.807) is 13.3 Å². The van der Waals surface area contributed by atoms with E-state index in [4.69, 9.17) is 26.4 Å². The Labute approximate surface area is 187 Å². The second-order valence-corrected chi connectivity index (χ2v) is 7.02. The zero-order chi connectivity index (χ0) is 21.9. The van der Waals surface area contributed by atoms with Gasteiger partial charge in [-0.05, 0) is 72.7 Å². The van der Waals surface area contributed by atoms with Crippen molar-refractivity contribution in [1.82, 2.24) is 5.43 Å². The molecule has 3 aromatic rings. The maximum atomic E-state index is 5.80. The lowest BCUT2D eigenvalue weighted by Crippen LogP contribution is -2.23. The second-order valence-electron chi connectivity index (χ2n) is 6.61. The first-order valence-electron chi connectivity index (χ1n) is 9.79. The van der Waals surface area contributed by atoms with Gasteiger partial charge in [-0.25, -0.2) is 0 Å². The lowest BCUT2D eigenvalue weighted by atomic mass is 10.2. The zero-order valence-corrected chi connectivity index (χ0v) is 18.3. The van der Waals surface area contributed by atoms with E-state index in [0.717, 1.165) is 22.6 Å². The molecular formula is C24H25N3O3S. The topological polar surface area (TPSA) is 64.1 Å². The highest BCUT2D eigenvalue weighted by Crippen LogP contribution is 2.27. The lowest BCUT2D eigenvalue weighted by Gasteiger charge is -2.12. The summed E-state index contributed by atoms with van der Waals surface area (Å²) >= 11 is 5.23. The SMILES string of the molecule is COc1cc(/C=N/NC(=S)Nc2ccccc2)ccc1OCCOc1cccc(C)c1. The molecule has 0 aliphatic carbocycles. The smallest absolute Gasteiger partial charge is 0.191 e. The maximum absolute atomic E-state index is 5.80. The van der Waals surface area contributed by atoms with E-state index in [2.05, 4.69) is 15.8 Å². The number of para-hydroxylation sites is 1. The van der Waals surface area contributed by atoms with Gasteiger partial charge in [0.15, 0.2) is 16.6 Å².